The number of rotatable bonds is 3. The van der Waals surface area contributed by atoms with Crippen molar-refractivity contribution < 1.29 is 0 Å². The molecule has 1 aromatic rings. The van der Waals surface area contributed by atoms with E-state index in [9.17, 15) is 0 Å². The van der Waals surface area contributed by atoms with Crippen molar-refractivity contribution in [3.8, 4) is 0 Å². The highest BCUT2D eigenvalue weighted by molar-refractivity contribution is 5.27. The lowest BCUT2D eigenvalue weighted by atomic mass is 9.91. The average molecular weight is 228 g/mol. The summed E-state index contributed by atoms with van der Waals surface area (Å²) in [5.41, 5.74) is 4.19. The van der Waals surface area contributed by atoms with Gasteiger partial charge in [0.25, 0.3) is 0 Å². The number of benzene rings is 1. The molecule has 0 heteroatoms. The van der Waals surface area contributed by atoms with E-state index in [1.807, 2.05) is 0 Å². The van der Waals surface area contributed by atoms with E-state index in [2.05, 4.69) is 37.8 Å². The minimum absolute atomic E-state index is 0.816. The maximum absolute atomic E-state index is 3.98. The zero-order valence-corrected chi connectivity index (χ0v) is 11.0. The average Bonchev–Trinajstić information content (AvgIpc) is 2.58. The monoisotopic (exact) mass is 228 g/mol. The van der Waals surface area contributed by atoms with Gasteiger partial charge in [-0.15, -0.1) is 0 Å². The van der Waals surface area contributed by atoms with Crippen molar-refractivity contribution in [2.75, 3.05) is 0 Å². The van der Waals surface area contributed by atoms with Crippen molar-refractivity contribution in [2.45, 2.75) is 57.8 Å². The minimum atomic E-state index is 0.816. The van der Waals surface area contributed by atoms with Gasteiger partial charge < -0.3 is 0 Å². The van der Waals surface area contributed by atoms with E-state index in [0.717, 1.165) is 12.3 Å². The molecule has 17 heavy (non-hydrogen) atoms. The SMILES string of the molecule is C=C(C)Cc1ccc(C2CCCCCC2)cc1. The van der Waals surface area contributed by atoms with Crippen LogP contribution < -0.4 is 0 Å². The third-order valence-electron chi connectivity index (χ3n) is 3.81. The van der Waals surface area contributed by atoms with E-state index in [1.165, 1.54) is 49.7 Å². The van der Waals surface area contributed by atoms with E-state index < -0.39 is 0 Å². The largest absolute Gasteiger partial charge is 0.0998 e. The van der Waals surface area contributed by atoms with E-state index in [0.29, 0.717) is 0 Å². The lowest BCUT2D eigenvalue weighted by molar-refractivity contribution is 0.592. The zero-order valence-electron chi connectivity index (χ0n) is 11.0. The van der Waals surface area contributed by atoms with Gasteiger partial charge in [-0.1, -0.05) is 62.1 Å². The van der Waals surface area contributed by atoms with Crippen LogP contribution in [0.2, 0.25) is 0 Å². The van der Waals surface area contributed by atoms with Crippen LogP contribution in [0.15, 0.2) is 36.4 Å². The first-order valence-corrected chi connectivity index (χ1v) is 6.99. The summed E-state index contributed by atoms with van der Waals surface area (Å²) in [5.74, 6) is 0.816. The van der Waals surface area contributed by atoms with Crippen molar-refractivity contribution in [3.63, 3.8) is 0 Å². The highest BCUT2D eigenvalue weighted by Gasteiger charge is 2.13. The van der Waals surface area contributed by atoms with Crippen LogP contribution in [0, 0.1) is 0 Å². The van der Waals surface area contributed by atoms with Gasteiger partial charge in [-0.2, -0.15) is 0 Å². The Bertz CT molecular complexity index is 350. The molecule has 0 bridgehead atoms. The number of allylic oxidation sites excluding steroid dienone is 1. The fourth-order valence-corrected chi connectivity index (χ4v) is 2.87. The predicted octanol–water partition coefficient (Wildman–Crippen LogP) is 5.24. The summed E-state index contributed by atoms with van der Waals surface area (Å²) in [7, 11) is 0. The van der Waals surface area contributed by atoms with Crippen molar-refractivity contribution in [3.05, 3.63) is 47.5 Å². The van der Waals surface area contributed by atoms with Gasteiger partial charge >= 0.3 is 0 Å². The van der Waals surface area contributed by atoms with Gasteiger partial charge in [0.15, 0.2) is 0 Å². The van der Waals surface area contributed by atoms with E-state index in [4.69, 9.17) is 0 Å². The molecule has 1 aliphatic rings. The second-order valence-electron chi connectivity index (χ2n) is 5.56. The molecule has 1 aliphatic carbocycles. The van der Waals surface area contributed by atoms with Gasteiger partial charge in [0.1, 0.15) is 0 Å². The fourth-order valence-electron chi connectivity index (χ4n) is 2.87. The molecule has 0 nitrogen and oxygen atoms in total. The second-order valence-corrected chi connectivity index (χ2v) is 5.56. The molecule has 0 radical (unpaired) electrons. The van der Waals surface area contributed by atoms with E-state index in [1.54, 1.807) is 5.56 Å². The Morgan fingerprint density at radius 2 is 1.65 bits per heavy atom. The van der Waals surface area contributed by atoms with Gasteiger partial charge in [-0.3, -0.25) is 0 Å². The summed E-state index contributed by atoms with van der Waals surface area (Å²) < 4.78 is 0. The number of hydrogen-bond donors (Lipinski definition) is 0. The Hall–Kier alpha value is -1.04. The summed E-state index contributed by atoms with van der Waals surface area (Å²) in [6, 6.07) is 9.26. The molecule has 0 amide bonds. The van der Waals surface area contributed by atoms with Crippen molar-refractivity contribution in [2.24, 2.45) is 0 Å². The Kier molecular flexibility index (Phi) is 4.42. The minimum Gasteiger partial charge on any atom is -0.0998 e. The lowest BCUT2D eigenvalue weighted by Gasteiger charge is -2.14. The molecule has 1 fully saturated rings. The molecule has 0 saturated heterocycles. The van der Waals surface area contributed by atoms with Crippen molar-refractivity contribution in [1.29, 1.82) is 0 Å². The van der Waals surface area contributed by atoms with Crippen LogP contribution in [0.5, 0.6) is 0 Å². The van der Waals surface area contributed by atoms with Gasteiger partial charge in [0, 0.05) is 0 Å². The van der Waals surface area contributed by atoms with Crippen LogP contribution in [-0.4, -0.2) is 0 Å². The first-order valence-electron chi connectivity index (χ1n) is 6.99. The second kappa shape index (κ2) is 6.05. The Balaban J connectivity index is 2.03. The molecule has 0 heterocycles. The third kappa shape index (κ3) is 3.73. The van der Waals surface area contributed by atoms with E-state index >= 15 is 0 Å². The van der Waals surface area contributed by atoms with Crippen LogP contribution in [0.4, 0.5) is 0 Å². The summed E-state index contributed by atoms with van der Waals surface area (Å²) >= 11 is 0. The molecule has 0 unspecified atom stereocenters. The van der Waals surface area contributed by atoms with E-state index in [-0.39, 0.29) is 0 Å². The Morgan fingerprint density at radius 3 is 2.18 bits per heavy atom. The van der Waals surface area contributed by atoms with Crippen molar-refractivity contribution in [1.82, 2.24) is 0 Å². The highest BCUT2D eigenvalue weighted by atomic mass is 14.2. The molecule has 1 saturated carbocycles. The third-order valence-corrected chi connectivity index (χ3v) is 3.81. The van der Waals surface area contributed by atoms with Crippen molar-refractivity contribution >= 4 is 0 Å². The molecule has 0 aliphatic heterocycles. The maximum Gasteiger partial charge on any atom is -0.00726 e. The Labute approximate surface area is 106 Å². The lowest BCUT2D eigenvalue weighted by Crippen LogP contribution is -1.97. The highest BCUT2D eigenvalue weighted by Crippen LogP contribution is 2.31. The Morgan fingerprint density at radius 1 is 1.06 bits per heavy atom. The van der Waals surface area contributed by atoms with Gasteiger partial charge in [-0.05, 0) is 43.2 Å². The van der Waals surface area contributed by atoms with Gasteiger partial charge in [0.05, 0.1) is 0 Å². The smallest absolute Gasteiger partial charge is 0.00726 e. The van der Waals surface area contributed by atoms with Crippen LogP contribution in [0.25, 0.3) is 0 Å². The summed E-state index contributed by atoms with van der Waals surface area (Å²) in [4.78, 5) is 0. The van der Waals surface area contributed by atoms with Crippen LogP contribution >= 0.6 is 0 Å². The van der Waals surface area contributed by atoms with Gasteiger partial charge in [-0.25, -0.2) is 0 Å². The normalized spacial score (nSPS) is 17.7. The fraction of sp³-hybridized carbons (Fsp3) is 0.529. The first-order chi connectivity index (χ1) is 8.25. The molecule has 2 rings (SSSR count). The standard InChI is InChI=1S/C17H24/c1-14(2)13-15-9-11-17(12-10-15)16-7-5-3-4-6-8-16/h9-12,16H,1,3-8,13H2,2H3. The van der Waals surface area contributed by atoms with Crippen LogP contribution in [-0.2, 0) is 6.42 Å². The molecular weight excluding hydrogens is 204 g/mol. The molecule has 0 aromatic heterocycles. The quantitative estimate of drug-likeness (QED) is 0.490. The number of hydrogen-bond acceptors (Lipinski definition) is 0. The van der Waals surface area contributed by atoms with Crippen LogP contribution in [0.3, 0.4) is 0 Å². The summed E-state index contributed by atoms with van der Waals surface area (Å²) in [6.07, 6.45) is 9.50. The predicted molar refractivity (Wildman–Crippen MR) is 75.4 cm³/mol. The maximum atomic E-state index is 3.98. The summed E-state index contributed by atoms with van der Waals surface area (Å²) in [5, 5.41) is 0. The molecule has 0 spiro atoms. The molecular formula is C17H24. The first kappa shape index (κ1) is 12.4. The topological polar surface area (TPSA) is 0 Å². The zero-order chi connectivity index (χ0) is 12.1. The van der Waals surface area contributed by atoms with Gasteiger partial charge in [0.2, 0.25) is 0 Å². The molecule has 0 N–H and O–H groups in total. The summed E-state index contributed by atoms with van der Waals surface area (Å²) in [6.45, 7) is 6.07. The molecule has 92 valence electrons. The van der Waals surface area contributed by atoms with Crippen LogP contribution in [0.1, 0.15) is 62.5 Å². The molecule has 0 atom stereocenters. The molecule has 1 aromatic carbocycles.